The minimum absolute atomic E-state index is 0. The Kier molecular flexibility index (Phi) is 13.0. The Morgan fingerprint density at radius 2 is 1.12 bits per heavy atom. The number of nitrogens with zero attached hydrogens (tertiary/aromatic N) is 4. The number of carbonyl (C=O) groups excluding carboxylic acids is 1. The first kappa shape index (κ1) is 33.0. The predicted molar refractivity (Wildman–Crippen MR) is 116 cm³/mol. The number of hydrogen-bond donors (Lipinski definition) is 0. The molecule has 1 aromatic rings. The maximum Gasteiger partial charge on any atom is 2.00 e. The van der Waals surface area contributed by atoms with Crippen molar-refractivity contribution in [2.24, 2.45) is 0 Å². The van der Waals surface area contributed by atoms with Gasteiger partial charge in [0.1, 0.15) is 0 Å². The fourth-order valence-corrected chi connectivity index (χ4v) is 3.37. The van der Waals surface area contributed by atoms with Gasteiger partial charge in [-0.25, -0.2) is 0 Å². The monoisotopic (exact) mass is 564 g/mol. The predicted octanol–water partition coefficient (Wildman–Crippen LogP) is 3.19. The number of halogens is 6. The molecule has 1 aromatic carbocycles. The van der Waals surface area contributed by atoms with Gasteiger partial charge in [0.05, 0.1) is 0 Å². The molecule has 2 heterocycles. The topological polar surface area (TPSA) is 53.1 Å². The Morgan fingerprint density at radius 1 is 0.794 bits per heavy atom. The molecule has 202 valence electrons. The molecule has 0 aliphatic carbocycles. The first-order valence-electron chi connectivity index (χ1n) is 10.6. The molecule has 2 unspecified atom stereocenters. The second-order valence-electron chi connectivity index (χ2n) is 8.20. The van der Waals surface area contributed by atoms with Crippen LogP contribution in [0.2, 0.25) is 0 Å². The van der Waals surface area contributed by atoms with E-state index in [4.69, 9.17) is 9.90 Å². The Morgan fingerprint density at radius 3 is 1.50 bits per heavy atom. The van der Waals surface area contributed by atoms with Crippen molar-refractivity contribution in [1.29, 1.82) is 0 Å². The molecule has 0 radical (unpaired) electrons. The summed E-state index contributed by atoms with van der Waals surface area (Å²) < 4.78 is 59.2. The minimum Gasteiger partial charge on any atom is 2.00 e. The molecule has 0 aromatic heterocycles. The van der Waals surface area contributed by atoms with E-state index < -0.39 is 13.8 Å². The smallest absolute Gasteiger partial charge is 2.00 e. The van der Waals surface area contributed by atoms with Gasteiger partial charge in [-0.3, -0.25) is 14.7 Å². The van der Waals surface area contributed by atoms with Crippen LogP contribution >= 0.6 is 7.81 Å². The summed E-state index contributed by atoms with van der Waals surface area (Å²) in [5, 5.41) is 8.89. The summed E-state index contributed by atoms with van der Waals surface area (Å²) in [5.74, 6) is -1.08. The van der Waals surface area contributed by atoms with Crippen molar-refractivity contribution in [1.82, 2.24) is 19.6 Å². The number of benzene rings is 1. The third kappa shape index (κ3) is 21.6. The van der Waals surface area contributed by atoms with Crippen LogP contribution in [0.1, 0.15) is 12.5 Å². The molecule has 2 atom stereocenters. The molecule has 3 rings (SSSR count). The van der Waals surface area contributed by atoms with E-state index in [9.17, 15) is 25.2 Å². The SMILES string of the molecule is CC(=O)[O-].CN1CCN2CCN(CC1)CCN(Cc1ccccc1)CC2.F[P-](F)(F)(F)(F)F.[Ni+2]. The number of fused-ring (bicyclic) bond motifs is 3. The van der Waals surface area contributed by atoms with E-state index >= 15 is 0 Å². The van der Waals surface area contributed by atoms with Crippen molar-refractivity contribution in [2.45, 2.75) is 13.5 Å². The fraction of sp³-hybridized carbons (Fsp3) is 0.650. The molecule has 0 saturated carbocycles. The molecule has 2 aliphatic rings. The molecule has 14 heteroatoms. The molecule has 0 N–H and O–H groups in total. The van der Waals surface area contributed by atoms with Crippen LogP contribution in [0.25, 0.3) is 0 Å². The second-order valence-corrected chi connectivity index (χ2v) is 10.1. The maximum atomic E-state index is 9.87. The van der Waals surface area contributed by atoms with Crippen LogP contribution in [0.3, 0.4) is 0 Å². The molecule has 34 heavy (non-hydrogen) atoms. The van der Waals surface area contributed by atoms with Gasteiger partial charge >= 0.3 is 49.5 Å². The Bertz CT molecular complexity index is 695. The molecule has 2 bridgehead atoms. The molecule has 2 aliphatic heterocycles. The van der Waals surface area contributed by atoms with E-state index in [0.717, 1.165) is 13.5 Å². The van der Waals surface area contributed by atoms with Gasteiger partial charge in [-0.05, 0) is 19.5 Å². The van der Waals surface area contributed by atoms with Gasteiger partial charge in [-0.2, -0.15) is 0 Å². The maximum absolute atomic E-state index is 10.7. The average molecular weight is 565 g/mol. The quantitative estimate of drug-likeness (QED) is 0.312. The van der Waals surface area contributed by atoms with Crippen LogP contribution in [0.4, 0.5) is 25.2 Å². The van der Waals surface area contributed by atoms with Crippen molar-refractivity contribution in [2.75, 3.05) is 72.5 Å². The van der Waals surface area contributed by atoms with E-state index in [1.165, 1.54) is 71.0 Å². The van der Waals surface area contributed by atoms with Crippen molar-refractivity contribution in [3.8, 4) is 0 Å². The van der Waals surface area contributed by atoms with Gasteiger partial charge in [0.2, 0.25) is 0 Å². The summed E-state index contributed by atoms with van der Waals surface area (Å²) in [6, 6.07) is 10.9. The van der Waals surface area contributed by atoms with Crippen LogP contribution in [0, 0.1) is 0 Å². The summed E-state index contributed by atoms with van der Waals surface area (Å²) >= 11 is 0. The van der Waals surface area contributed by atoms with E-state index in [2.05, 4.69) is 57.0 Å². The molecule has 2 fully saturated rings. The van der Waals surface area contributed by atoms with Gasteiger partial charge in [0, 0.05) is 78.0 Å². The molecule has 0 spiro atoms. The van der Waals surface area contributed by atoms with E-state index in [1.54, 1.807) is 0 Å². The summed E-state index contributed by atoms with van der Waals surface area (Å²) in [4.78, 5) is 19.3. The molecule has 0 amide bonds. The normalized spacial score (nSPS) is 24.2. The third-order valence-corrected chi connectivity index (χ3v) is 5.04. The third-order valence-electron chi connectivity index (χ3n) is 5.04. The summed E-state index contributed by atoms with van der Waals surface area (Å²) in [6.07, 6.45) is 0. The number of rotatable bonds is 2. The fourth-order valence-electron chi connectivity index (χ4n) is 3.37. The van der Waals surface area contributed by atoms with Crippen molar-refractivity contribution >= 4 is 13.8 Å². The number of aliphatic carboxylic acids is 1. The van der Waals surface area contributed by atoms with Gasteiger partial charge in [-0.15, -0.1) is 0 Å². The Labute approximate surface area is 207 Å². The molecule has 2 saturated heterocycles. The van der Waals surface area contributed by atoms with E-state index in [-0.39, 0.29) is 16.5 Å². The number of likely N-dealkylation sites (N-methyl/N-ethyl adjacent to an activating group) is 1. The first-order valence-corrected chi connectivity index (χ1v) is 12.6. The average Bonchev–Trinajstić information content (AvgIpc) is 2.79. The van der Waals surface area contributed by atoms with Crippen LogP contribution in [0.5, 0.6) is 0 Å². The molecular formula is C20H33F6N4NiO2P. The zero-order valence-corrected chi connectivity index (χ0v) is 21.2. The zero-order chi connectivity index (χ0) is 25.2. The number of carboxylic acid groups (broad SMARTS) is 1. The largest absolute Gasteiger partial charge is 2.00 e. The van der Waals surface area contributed by atoms with Gasteiger partial charge in [0.15, 0.2) is 0 Å². The minimum atomic E-state index is -10.7. The van der Waals surface area contributed by atoms with Gasteiger partial charge in [0.25, 0.3) is 0 Å². The van der Waals surface area contributed by atoms with Gasteiger partial charge < -0.3 is 14.8 Å². The zero-order valence-electron chi connectivity index (χ0n) is 19.3. The van der Waals surface area contributed by atoms with Crippen molar-refractivity contribution < 1.29 is 51.6 Å². The summed E-state index contributed by atoms with van der Waals surface area (Å²) in [7, 11) is -8.40. The molecular weight excluding hydrogens is 532 g/mol. The van der Waals surface area contributed by atoms with Crippen LogP contribution < -0.4 is 5.11 Å². The van der Waals surface area contributed by atoms with Crippen LogP contribution in [0.15, 0.2) is 30.3 Å². The van der Waals surface area contributed by atoms with E-state index in [0.29, 0.717) is 0 Å². The number of carbonyl (C=O) groups is 1. The first-order chi connectivity index (χ1) is 15.0. The Hall–Kier alpha value is -0.966. The van der Waals surface area contributed by atoms with Crippen molar-refractivity contribution in [3.63, 3.8) is 0 Å². The second kappa shape index (κ2) is 13.4. The van der Waals surface area contributed by atoms with Crippen LogP contribution in [-0.4, -0.2) is 98.1 Å². The molecule has 6 nitrogen and oxygen atoms in total. The van der Waals surface area contributed by atoms with Gasteiger partial charge in [-0.1, -0.05) is 30.3 Å². The van der Waals surface area contributed by atoms with Crippen molar-refractivity contribution in [3.05, 3.63) is 35.9 Å². The summed E-state index contributed by atoms with van der Waals surface area (Å²) in [5.41, 5.74) is 1.44. The standard InChI is InChI=1S/C18H30N4.C2H4O2.F6P.Ni/c1-19-7-9-20-11-12-21(10-8-19)14-16-22(15-13-20)17-18-5-3-2-4-6-18;1-2(3)4;1-7(2,3,4,5)6;/h2-6H,7-17H2,1H3;1H3,(H,3,4);;/q;;-1;+2/p-1. The van der Waals surface area contributed by atoms with E-state index in [1.807, 2.05) is 0 Å². The number of carboxylic acids is 1. The van der Waals surface area contributed by atoms with Crippen LogP contribution in [-0.2, 0) is 27.8 Å². The Balaban J connectivity index is 0.000000766. The summed E-state index contributed by atoms with van der Waals surface area (Å²) in [6.45, 7) is 14.1. The number of hydrogen-bond acceptors (Lipinski definition) is 6.